The summed E-state index contributed by atoms with van der Waals surface area (Å²) in [6.45, 7) is 9.25. The average Bonchev–Trinajstić information content (AvgIpc) is 4.19. The summed E-state index contributed by atoms with van der Waals surface area (Å²) in [4.78, 5) is 28.4. The molecular weight excluding hydrogens is 897 g/mol. The second-order valence-corrected chi connectivity index (χ2v) is 22.8. The molecule has 0 unspecified atom stereocenters. The average molecular weight is 984 g/mol. The minimum Gasteiger partial charge on any atom is -0.465 e. The maximum Gasteiger partial charge on any atom is 0.339 e. The Balaban J connectivity index is 1.43. The lowest BCUT2D eigenvalue weighted by Crippen LogP contribution is -2.27. The first-order chi connectivity index (χ1) is 34.3. The first-order valence-corrected chi connectivity index (χ1v) is 29.9. The zero-order chi connectivity index (χ0) is 49.4. The van der Waals surface area contributed by atoms with Crippen molar-refractivity contribution in [2.45, 2.75) is 218 Å². The summed E-state index contributed by atoms with van der Waals surface area (Å²) in [5, 5.41) is 4.08. The van der Waals surface area contributed by atoms with E-state index in [4.69, 9.17) is 9.47 Å². The van der Waals surface area contributed by atoms with E-state index in [1.54, 1.807) is 22.7 Å². The molecule has 0 saturated heterocycles. The molecule has 0 aliphatic heterocycles. The van der Waals surface area contributed by atoms with Crippen LogP contribution in [0.5, 0.6) is 0 Å². The van der Waals surface area contributed by atoms with Crippen molar-refractivity contribution >= 4 is 34.6 Å². The fourth-order valence-electron chi connectivity index (χ4n) is 12.5. The molecule has 0 bridgehead atoms. The third-order valence-electron chi connectivity index (χ3n) is 16.3. The second-order valence-electron chi connectivity index (χ2n) is 21.0. The number of ether oxygens (including phenoxy) is 2. The largest absolute Gasteiger partial charge is 0.465 e. The summed E-state index contributed by atoms with van der Waals surface area (Å²) in [7, 11) is 2.99. The van der Waals surface area contributed by atoms with Gasteiger partial charge in [-0.15, -0.1) is 22.7 Å². The molecule has 0 amide bonds. The number of carbonyl (C=O) groups excluding carboxylic acids is 2. The van der Waals surface area contributed by atoms with Gasteiger partial charge in [-0.3, -0.25) is 0 Å². The van der Waals surface area contributed by atoms with Crippen molar-refractivity contribution < 1.29 is 19.1 Å². The summed E-state index contributed by atoms with van der Waals surface area (Å²) in [5.74, 6) is -0.535. The van der Waals surface area contributed by atoms with Crippen molar-refractivity contribution in [3.63, 3.8) is 0 Å². The molecule has 378 valence electrons. The Hall–Kier alpha value is -4.00. The van der Waals surface area contributed by atoms with Crippen LogP contribution in [0.1, 0.15) is 250 Å². The van der Waals surface area contributed by atoms with Crippen LogP contribution in [0.2, 0.25) is 0 Å². The smallest absolute Gasteiger partial charge is 0.339 e. The van der Waals surface area contributed by atoms with Crippen molar-refractivity contribution in [2.24, 2.45) is 0 Å². The Labute approximate surface area is 431 Å². The molecule has 0 spiro atoms. The van der Waals surface area contributed by atoms with Gasteiger partial charge in [-0.05, 0) is 128 Å². The van der Waals surface area contributed by atoms with E-state index < -0.39 is 0 Å². The van der Waals surface area contributed by atoms with E-state index >= 15 is 0 Å². The molecule has 4 nitrogen and oxygen atoms in total. The first-order valence-electron chi connectivity index (χ1n) is 28.1. The summed E-state index contributed by atoms with van der Waals surface area (Å²) in [6, 6.07) is 23.8. The van der Waals surface area contributed by atoms with Gasteiger partial charge in [0, 0.05) is 20.6 Å². The Morgan fingerprint density at radius 2 is 0.686 bits per heavy atom. The Morgan fingerprint density at radius 3 is 1.00 bits per heavy atom. The minimum absolute atomic E-state index is 0.135. The van der Waals surface area contributed by atoms with Gasteiger partial charge in [-0.1, -0.05) is 206 Å². The van der Waals surface area contributed by atoms with Gasteiger partial charge in [0.2, 0.25) is 0 Å². The lowest BCUT2D eigenvalue weighted by molar-refractivity contribution is 0.0593. The summed E-state index contributed by atoms with van der Waals surface area (Å²) in [6.07, 6.45) is 35.0. The zero-order valence-corrected chi connectivity index (χ0v) is 45.8. The highest BCUT2D eigenvalue weighted by Crippen LogP contribution is 2.62. The van der Waals surface area contributed by atoms with Crippen LogP contribution in [0.3, 0.4) is 0 Å². The lowest BCUT2D eigenvalue weighted by atomic mass is 9.68. The number of thiophene rings is 2. The number of rotatable bonds is 32. The molecule has 3 aromatic carbocycles. The normalized spacial score (nSPS) is 13.8. The van der Waals surface area contributed by atoms with Gasteiger partial charge in [0.15, 0.2) is 0 Å². The summed E-state index contributed by atoms with van der Waals surface area (Å²) >= 11 is 3.30. The summed E-state index contributed by atoms with van der Waals surface area (Å²) < 4.78 is 10.6. The number of hydrogen-bond acceptors (Lipinski definition) is 6. The van der Waals surface area contributed by atoms with Crippen molar-refractivity contribution in [1.29, 1.82) is 0 Å². The minimum atomic E-state index is -0.267. The maximum atomic E-state index is 13.2. The van der Waals surface area contributed by atoms with Gasteiger partial charge in [0.25, 0.3) is 0 Å². The fourth-order valence-corrected chi connectivity index (χ4v) is 14.3. The van der Waals surface area contributed by atoms with Crippen molar-refractivity contribution in [3.8, 4) is 43.1 Å². The molecule has 2 heterocycles. The zero-order valence-electron chi connectivity index (χ0n) is 44.2. The molecule has 2 aliphatic carbocycles. The Morgan fingerprint density at radius 1 is 0.386 bits per heavy atom. The van der Waals surface area contributed by atoms with E-state index in [1.165, 1.54) is 213 Å². The van der Waals surface area contributed by atoms with Gasteiger partial charge >= 0.3 is 11.9 Å². The van der Waals surface area contributed by atoms with Gasteiger partial charge < -0.3 is 9.47 Å². The highest BCUT2D eigenvalue weighted by Gasteiger charge is 2.48. The number of esters is 2. The fraction of sp³-hybridized carbons (Fsp3) is 0.562. The molecule has 0 radical (unpaired) electrons. The number of benzene rings is 3. The third-order valence-corrected chi connectivity index (χ3v) is 18.3. The molecule has 7 rings (SSSR count). The number of hydrogen-bond donors (Lipinski definition) is 0. The number of methoxy groups -OCH3 is 2. The molecule has 0 saturated carbocycles. The Bertz CT molecular complexity index is 2250. The van der Waals surface area contributed by atoms with Crippen LogP contribution >= 0.6 is 22.7 Å². The van der Waals surface area contributed by atoms with Crippen LogP contribution in [0.25, 0.3) is 43.1 Å². The maximum absolute atomic E-state index is 13.2. The van der Waals surface area contributed by atoms with Gasteiger partial charge in [0.1, 0.15) is 0 Å². The molecular formula is C64H86O4S2. The van der Waals surface area contributed by atoms with E-state index in [1.807, 2.05) is 22.9 Å². The molecule has 0 fully saturated rings. The van der Waals surface area contributed by atoms with Crippen LogP contribution in [-0.2, 0) is 20.3 Å². The second kappa shape index (κ2) is 26.6. The quantitative estimate of drug-likeness (QED) is 0.0318. The van der Waals surface area contributed by atoms with Crippen molar-refractivity contribution in [1.82, 2.24) is 0 Å². The van der Waals surface area contributed by atoms with Crippen LogP contribution in [0, 0.1) is 0 Å². The van der Waals surface area contributed by atoms with E-state index in [0.29, 0.717) is 11.1 Å². The van der Waals surface area contributed by atoms with E-state index in [-0.39, 0.29) is 22.8 Å². The number of carbonyl (C=O) groups is 2. The van der Waals surface area contributed by atoms with Crippen LogP contribution < -0.4 is 0 Å². The van der Waals surface area contributed by atoms with Crippen LogP contribution in [-0.4, -0.2) is 26.2 Å². The highest BCUT2D eigenvalue weighted by atomic mass is 32.1. The van der Waals surface area contributed by atoms with E-state index in [9.17, 15) is 9.59 Å². The van der Waals surface area contributed by atoms with E-state index in [0.717, 1.165) is 46.6 Å². The summed E-state index contributed by atoms with van der Waals surface area (Å²) in [5.41, 5.74) is 14.9. The van der Waals surface area contributed by atoms with E-state index in [2.05, 4.69) is 76.2 Å². The van der Waals surface area contributed by atoms with Crippen LogP contribution in [0.4, 0.5) is 0 Å². The lowest BCUT2D eigenvalue weighted by Gasteiger charge is -2.35. The van der Waals surface area contributed by atoms with Gasteiger partial charge in [-0.2, -0.15) is 0 Å². The monoisotopic (exact) mass is 983 g/mol. The number of unbranched alkanes of at least 4 members (excludes halogenated alkanes) is 20. The Kier molecular flexibility index (Phi) is 20.5. The highest BCUT2D eigenvalue weighted by molar-refractivity contribution is 7.14. The molecule has 0 N–H and O–H groups in total. The van der Waals surface area contributed by atoms with Gasteiger partial charge in [0.05, 0.1) is 25.3 Å². The van der Waals surface area contributed by atoms with Crippen molar-refractivity contribution in [3.05, 3.63) is 105 Å². The third kappa shape index (κ3) is 11.9. The topological polar surface area (TPSA) is 52.6 Å². The molecule has 70 heavy (non-hydrogen) atoms. The molecule has 2 aliphatic rings. The number of fused-ring (bicyclic) bond motifs is 6. The molecule has 0 atom stereocenters. The SMILES string of the molecule is CCCCCCCCC1(CCCCCCCC)c2cc(-c3sccc3C(=O)OC)ccc2-c2cc3c(cc21)-c1ccc(-c2sccc2C(=O)OC)cc1C3(CCCCCCCC)CCCCCCCC. The predicted molar refractivity (Wildman–Crippen MR) is 300 cm³/mol. The first kappa shape index (κ1) is 53.8. The van der Waals surface area contributed by atoms with Crippen molar-refractivity contribution in [2.75, 3.05) is 14.2 Å². The molecule has 2 aromatic heterocycles. The molecule has 6 heteroatoms. The van der Waals surface area contributed by atoms with Gasteiger partial charge in [-0.25, -0.2) is 9.59 Å². The van der Waals surface area contributed by atoms with Crippen LogP contribution in [0.15, 0.2) is 71.4 Å². The molecule has 5 aromatic rings. The standard InChI is InChI=1S/C64H86O4S2/c1-7-11-15-19-23-27-37-63(38-28-24-20-16-12-8-2)55-43-47(59-51(35-41-69-59)61(65)67-5)31-33-49(55)53-46-58-54(45-57(53)63)50-34-32-48(60-52(36-42-70-60)62(66)68-6)44-56(50)64(58,39-29-25-21-17-13-9-3)40-30-26-22-18-14-10-4/h31-36,41-46H,7-30,37-40H2,1-6H3. The predicted octanol–water partition coefficient (Wildman–Crippen LogP) is 20.3.